The number of nitrogens with zero attached hydrogens (tertiary/aromatic N) is 2. The number of methoxy groups -OCH3 is 1. The molecule has 0 fully saturated rings. The predicted molar refractivity (Wildman–Crippen MR) is 99.6 cm³/mol. The number of benzene rings is 1. The number of esters is 1. The largest absolute Gasteiger partial charge is 0.464 e. The number of ether oxygens (including phenoxy) is 1. The summed E-state index contributed by atoms with van der Waals surface area (Å²) >= 11 is 0. The minimum absolute atomic E-state index is 0.0131. The van der Waals surface area contributed by atoms with Crippen LogP contribution in [0.25, 0.3) is 0 Å². The number of halogens is 3. The van der Waals surface area contributed by atoms with Crippen LogP contribution in [-0.2, 0) is 10.9 Å². The van der Waals surface area contributed by atoms with Crippen molar-refractivity contribution < 1.29 is 27.5 Å². The van der Waals surface area contributed by atoms with Gasteiger partial charge in [-0.15, -0.1) is 0 Å². The third kappa shape index (κ3) is 6.33. The smallest absolute Gasteiger partial charge is 0.416 e. The first-order valence-electron chi connectivity index (χ1n) is 8.38. The maximum absolute atomic E-state index is 12.7. The number of alkyl halides is 3. The molecule has 0 saturated heterocycles. The van der Waals surface area contributed by atoms with Crippen molar-refractivity contribution in [2.45, 2.75) is 32.5 Å². The third-order valence-corrected chi connectivity index (χ3v) is 3.39. The van der Waals surface area contributed by atoms with Crippen LogP contribution in [0.5, 0.6) is 0 Å². The molecule has 1 amide bonds. The lowest BCUT2D eigenvalue weighted by molar-refractivity contribution is -0.137. The number of rotatable bonds is 3. The maximum Gasteiger partial charge on any atom is 0.416 e. The van der Waals surface area contributed by atoms with Crippen LogP contribution in [0.1, 0.15) is 47.2 Å². The number of guanidine groups is 1. The summed E-state index contributed by atoms with van der Waals surface area (Å²) in [6, 6.07) is 5.08. The van der Waals surface area contributed by atoms with Gasteiger partial charge in [0.15, 0.2) is 5.69 Å². The minimum Gasteiger partial charge on any atom is -0.464 e. The Labute approximate surface area is 164 Å². The van der Waals surface area contributed by atoms with Gasteiger partial charge in [0.1, 0.15) is 5.82 Å². The highest BCUT2D eigenvalue weighted by Crippen LogP contribution is 2.29. The quantitative estimate of drug-likeness (QED) is 0.407. The number of carbonyl (C=O) groups excluding carboxylic acids is 2. The first-order chi connectivity index (χ1) is 13.4. The molecular formula is C18H20F3N5O3. The van der Waals surface area contributed by atoms with Crippen LogP contribution in [0.3, 0.4) is 0 Å². The SMILES string of the molecule is COC(=O)c1cc(N/C(=N\C(=O)c2ccc(C(F)(F)F)cc2)NC(C)(C)C)[nH]n1. The molecule has 1 aromatic carbocycles. The van der Waals surface area contributed by atoms with Crippen LogP contribution < -0.4 is 10.6 Å². The summed E-state index contributed by atoms with van der Waals surface area (Å²) in [5.74, 6) is -1.15. The molecule has 0 unspecified atom stereocenters. The van der Waals surface area contributed by atoms with E-state index >= 15 is 0 Å². The second-order valence-corrected chi connectivity index (χ2v) is 7.00. The molecule has 156 valence electrons. The van der Waals surface area contributed by atoms with E-state index < -0.39 is 29.2 Å². The van der Waals surface area contributed by atoms with Crippen molar-refractivity contribution in [3.63, 3.8) is 0 Å². The van der Waals surface area contributed by atoms with Crippen LogP contribution in [-0.4, -0.2) is 40.7 Å². The van der Waals surface area contributed by atoms with E-state index in [-0.39, 0.29) is 23.0 Å². The topological polar surface area (TPSA) is 108 Å². The van der Waals surface area contributed by atoms with Crippen LogP contribution >= 0.6 is 0 Å². The molecule has 8 nitrogen and oxygen atoms in total. The van der Waals surface area contributed by atoms with Gasteiger partial charge >= 0.3 is 12.1 Å². The number of amides is 1. The molecule has 0 spiro atoms. The fourth-order valence-electron chi connectivity index (χ4n) is 2.13. The number of aromatic amines is 1. The molecule has 0 radical (unpaired) electrons. The zero-order valence-electron chi connectivity index (χ0n) is 16.1. The second kappa shape index (κ2) is 8.33. The monoisotopic (exact) mass is 411 g/mol. The number of H-pyrrole nitrogens is 1. The van der Waals surface area contributed by atoms with E-state index in [1.807, 2.05) is 20.8 Å². The number of aliphatic imine (C=N–C) groups is 1. The van der Waals surface area contributed by atoms with Gasteiger partial charge in [-0.25, -0.2) is 4.79 Å². The van der Waals surface area contributed by atoms with Crippen molar-refractivity contribution in [2.24, 2.45) is 4.99 Å². The summed E-state index contributed by atoms with van der Waals surface area (Å²) in [6.07, 6.45) is -4.50. The van der Waals surface area contributed by atoms with Crippen LogP contribution in [0, 0.1) is 0 Å². The van der Waals surface area contributed by atoms with Crippen LogP contribution in [0.2, 0.25) is 0 Å². The molecular weight excluding hydrogens is 391 g/mol. The Morgan fingerprint density at radius 3 is 2.28 bits per heavy atom. The molecule has 2 rings (SSSR count). The van der Waals surface area contributed by atoms with Gasteiger partial charge in [-0.2, -0.15) is 23.3 Å². The predicted octanol–water partition coefficient (Wildman–Crippen LogP) is 3.21. The Morgan fingerprint density at radius 1 is 1.14 bits per heavy atom. The molecule has 29 heavy (non-hydrogen) atoms. The van der Waals surface area contributed by atoms with E-state index in [0.29, 0.717) is 0 Å². The van der Waals surface area contributed by atoms with Gasteiger partial charge in [0.25, 0.3) is 5.91 Å². The first kappa shape index (κ1) is 21.9. The molecule has 0 atom stereocenters. The van der Waals surface area contributed by atoms with Gasteiger partial charge in [0.05, 0.1) is 12.7 Å². The lowest BCUT2D eigenvalue weighted by atomic mass is 10.1. The Hall–Kier alpha value is -3.37. The van der Waals surface area contributed by atoms with Gasteiger partial charge in [-0.05, 0) is 45.0 Å². The summed E-state index contributed by atoms with van der Waals surface area (Å²) < 4.78 is 42.6. The highest BCUT2D eigenvalue weighted by atomic mass is 19.4. The molecule has 11 heteroatoms. The van der Waals surface area contributed by atoms with Crippen LogP contribution in [0.15, 0.2) is 35.3 Å². The first-order valence-corrected chi connectivity index (χ1v) is 8.38. The summed E-state index contributed by atoms with van der Waals surface area (Å²) in [5, 5.41) is 12.1. The zero-order chi connectivity index (χ0) is 21.8. The molecule has 0 aliphatic rings. The highest BCUT2D eigenvalue weighted by Gasteiger charge is 2.30. The minimum atomic E-state index is -4.50. The molecule has 0 aliphatic carbocycles. The Balaban J connectivity index is 2.26. The molecule has 0 bridgehead atoms. The second-order valence-electron chi connectivity index (χ2n) is 7.00. The summed E-state index contributed by atoms with van der Waals surface area (Å²) in [4.78, 5) is 27.8. The number of hydrogen-bond acceptors (Lipinski definition) is 4. The van der Waals surface area contributed by atoms with Crippen molar-refractivity contribution >= 4 is 23.7 Å². The van der Waals surface area contributed by atoms with Gasteiger partial charge in [-0.3, -0.25) is 9.89 Å². The average Bonchev–Trinajstić information content (AvgIpc) is 3.07. The highest BCUT2D eigenvalue weighted by molar-refractivity contribution is 6.06. The standard InChI is InChI=1S/C18H20F3N5O3/c1-17(2,3)24-16(22-13-9-12(25-26-13)15(28)29-4)23-14(27)10-5-7-11(8-6-10)18(19,20)21/h5-9H,1-4H3,(H3,22,23,24,25,26,27). The molecule has 1 aromatic heterocycles. The third-order valence-electron chi connectivity index (χ3n) is 3.39. The lowest BCUT2D eigenvalue weighted by Crippen LogP contribution is -2.44. The molecule has 0 aliphatic heterocycles. The molecule has 2 aromatic rings. The Morgan fingerprint density at radius 2 is 1.76 bits per heavy atom. The van der Waals surface area contributed by atoms with Gasteiger partial charge in [-0.1, -0.05) is 0 Å². The summed E-state index contributed by atoms with van der Waals surface area (Å²) in [6.45, 7) is 5.46. The van der Waals surface area contributed by atoms with Gasteiger partial charge < -0.3 is 15.4 Å². The molecule has 0 saturated carbocycles. The fourth-order valence-corrected chi connectivity index (χ4v) is 2.13. The van der Waals surface area contributed by atoms with E-state index in [2.05, 4.69) is 30.6 Å². The van der Waals surface area contributed by atoms with Gasteiger partial charge in [0, 0.05) is 17.2 Å². The number of carbonyl (C=O) groups is 2. The van der Waals surface area contributed by atoms with E-state index in [0.717, 1.165) is 24.3 Å². The van der Waals surface area contributed by atoms with Crippen molar-refractivity contribution in [3.05, 3.63) is 47.2 Å². The number of hydrogen-bond donors (Lipinski definition) is 3. The number of nitrogens with one attached hydrogen (secondary N) is 3. The van der Waals surface area contributed by atoms with E-state index in [1.165, 1.54) is 13.2 Å². The van der Waals surface area contributed by atoms with Crippen molar-refractivity contribution in [2.75, 3.05) is 12.4 Å². The normalized spacial score (nSPS) is 12.4. The van der Waals surface area contributed by atoms with E-state index in [4.69, 9.17) is 0 Å². The van der Waals surface area contributed by atoms with Crippen molar-refractivity contribution in [1.29, 1.82) is 0 Å². The Bertz CT molecular complexity index is 912. The molecule has 1 heterocycles. The lowest BCUT2D eigenvalue weighted by Gasteiger charge is -2.23. The number of anilines is 1. The maximum atomic E-state index is 12.7. The van der Waals surface area contributed by atoms with Gasteiger partial charge in [0.2, 0.25) is 5.96 Å². The van der Waals surface area contributed by atoms with Crippen molar-refractivity contribution in [3.8, 4) is 0 Å². The van der Waals surface area contributed by atoms with E-state index in [9.17, 15) is 22.8 Å². The molecule has 3 N–H and O–H groups in total. The van der Waals surface area contributed by atoms with Crippen molar-refractivity contribution in [1.82, 2.24) is 15.5 Å². The Kier molecular flexibility index (Phi) is 6.30. The van der Waals surface area contributed by atoms with E-state index in [1.54, 1.807) is 0 Å². The summed E-state index contributed by atoms with van der Waals surface area (Å²) in [5.41, 5.74) is -1.37. The average molecular weight is 411 g/mol. The fraction of sp³-hybridized carbons (Fsp3) is 0.333. The number of aromatic nitrogens is 2. The summed E-state index contributed by atoms with van der Waals surface area (Å²) in [7, 11) is 1.21. The van der Waals surface area contributed by atoms with Crippen LogP contribution in [0.4, 0.5) is 19.0 Å². The zero-order valence-corrected chi connectivity index (χ0v) is 16.1.